The number of hydrogen-bond donors (Lipinski definition) is 2. The molecule has 3 heterocycles. The number of hydrogen-bond acceptors (Lipinski definition) is 8. The lowest BCUT2D eigenvalue weighted by atomic mass is 10.1. The molecule has 0 radical (unpaired) electrons. The van der Waals surface area contributed by atoms with Gasteiger partial charge in [-0.2, -0.15) is 5.10 Å². The van der Waals surface area contributed by atoms with Gasteiger partial charge in [-0.1, -0.05) is 12.1 Å². The van der Waals surface area contributed by atoms with Crippen LogP contribution in [0, 0.1) is 0 Å². The van der Waals surface area contributed by atoms with Gasteiger partial charge in [-0.3, -0.25) is 14.5 Å². The molecule has 0 fully saturated rings. The van der Waals surface area contributed by atoms with Crippen molar-refractivity contribution in [2.75, 3.05) is 25.1 Å². The Morgan fingerprint density at radius 2 is 2.06 bits per heavy atom. The smallest absolute Gasteiger partial charge is 0.358 e. The fraction of sp³-hybridized carbons (Fsp3) is 0.190. The van der Waals surface area contributed by atoms with Crippen LogP contribution in [0.3, 0.4) is 0 Å². The van der Waals surface area contributed by atoms with Crippen LogP contribution in [0.25, 0.3) is 16.9 Å². The number of carbonyl (C=O) groups is 3. The number of carbonyl (C=O) groups excluding carboxylic acids is 3. The number of imide groups is 1. The number of aromatic nitrogens is 3. The molecule has 1 aliphatic rings. The van der Waals surface area contributed by atoms with E-state index in [-0.39, 0.29) is 31.1 Å². The maximum atomic E-state index is 12.4. The van der Waals surface area contributed by atoms with Gasteiger partial charge < -0.3 is 15.2 Å². The number of nitrogens with one attached hydrogen (secondary N) is 1. The van der Waals surface area contributed by atoms with Crippen molar-refractivity contribution in [1.29, 1.82) is 0 Å². The number of nitrogens with zero attached hydrogens (tertiary/aromatic N) is 4. The minimum atomic E-state index is -0.529. The van der Waals surface area contributed by atoms with Crippen LogP contribution in [-0.4, -0.2) is 62.1 Å². The number of esters is 1. The first-order chi connectivity index (χ1) is 15.0. The lowest BCUT2D eigenvalue weighted by Crippen LogP contribution is -2.34. The number of β-amino-alcohol motifs (C(OH)–C–C–N with tert-alkyl or cyclic N) is 1. The quantitative estimate of drug-likeness (QED) is 0.431. The number of anilines is 1. The van der Waals surface area contributed by atoms with Crippen LogP contribution in [0.2, 0.25) is 0 Å². The van der Waals surface area contributed by atoms with Crippen molar-refractivity contribution in [1.82, 2.24) is 19.5 Å². The predicted octanol–water partition coefficient (Wildman–Crippen LogP) is 1.23. The van der Waals surface area contributed by atoms with Crippen molar-refractivity contribution in [3.8, 4) is 11.3 Å². The molecule has 2 amide bonds. The van der Waals surface area contributed by atoms with Gasteiger partial charge in [0.25, 0.3) is 11.8 Å². The molecule has 0 unspecified atom stereocenters. The third kappa shape index (κ3) is 3.88. The van der Waals surface area contributed by atoms with Crippen LogP contribution in [0.4, 0.5) is 5.69 Å². The number of ether oxygens (including phenoxy) is 1. The molecule has 10 nitrogen and oxygen atoms in total. The zero-order valence-corrected chi connectivity index (χ0v) is 16.6. The monoisotopic (exact) mass is 421 g/mol. The van der Waals surface area contributed by atoms with E-state index in [0.717, 1.165) is 10.5 Å². The normalized spacial score (nSPS) is 13.6. The molecule has 3 aromatic rings. The van der Waals surface area contributed by atoms with Gasteiger partial charge in [0.2, 0.25) is 0 Å². The fourth-order valence-electron chi connectivity index (χ4n) is 3.24. The maximum Gasteiger partial charge on any atom is 0.358 e. The van der Waals surface area contributed by atoms with E-state index in [1.165, 1.54) is 10.6 Å². The highest BCUT2D eigenvalue weighted by molar-refractivity contribution is 6.17. The fourth-order valence-corrected chi connectivity index (χ4v) is 3.24. The largest absolute Gasteiger partial charge is 0.461 e. The van der Waals surface area contributed by atoms with Crippen molar-refractivity contribution in [3.05, 3.63) is 60.1 Å². The molecule has 2 N–H and O–H groups in total. The second-order valence-corrected chi connectivity index (χ2v) is 6.63. The lowest BCUT2D eigenvalue weighted by molar-refractivity contribution is -0.137. The number of aliphatic hydroxyl groups excluding tert-OH is 1. The summed E-state index contributed by atoms with van der Waals surface area (Å²) in [4.78, 5) is 41.5. The van der Waals surface area contributed by atoms with Gasteiger partial charge in [-0.25, -0.2) is 14.3 Å². The number of aliphatic hydroxyl groups is 1. The van der Waals surface area contributed by atoms with E-state index in [1.54, 1.807) is 43.5 Å². The summed E-state index contributed by atoms with van der Waals surface area (Å²) >= 11 is 0. The summed E-state index contributed by atoms with van der Waals surface area (Å²) in [5.74, 6) is -1.50. The van der Waals surface area contributed by atoms with Crippen LogP contribution >= 0.6 is 0 Å². The molecule has 158 valence electrons. The molecule has 31 heavy (non-hydrogen) atoms. The van der Waals surface area contributed by atoms with Crippen molar-refractivity contribution in [3.63, 3.8) is 0 Å². The van der Waals surface area contributed by atoms with Gasteiger partial charge in [0.15, 0.2) is 11.3 Å². The Kier molecular flexibility index (Phi) is 5.46. The SMILES string of the molecule is CCOC(=O)c1cc2nccc(-c3cccc(NC4=CC(=O)N(CCO)C4=O)c3)n2n1. The first kappa shape index (κ1) is 20.2. The number of benzene rings is 1. The van der Waals surface area contributed by atoms with Gasteiger partial charge in [-0.05, 0) is 25.1 Å². The van der Waals surface area contributed by atoms with Gasteiger partial charge in [0, 0.05) is 29.6 Å². The highest BCUT2D eigenvalue weighted by Gasteiger charge is 2.30. The molecule has 0 saturated carbocycles. The first-order valence-corrected chi connectivity index (χ1v) is 9.59. The third-order valence-electron chi connectivity index (χ3n) is 4.61. The summed E-state index contributed by atoms with van der Waals surface area (Å²) < 4.78 is 6.54. The molecular formula is C21H19N5O5. The van der Waals surface area contributed by atoms with E-state index >= 15 is 0 Å². The van der Waals surface area contributed by atoms with Gasteiger partial charge in [-0.15, -0.1) is 0 Å². The number of amides is 2. The van der Waals surface area contributed by atoms with E-state index in [2.05, 4.69) is 15.4 Å². The molecule has 0 saturated heterocycles. The van der Waals surface area contributed by atoms with Crippen molar-refractivity contribution in [2.45, 2.75) is 6.92 Å². The zero-order valence-electron chi connectivity index (χ0n) is 16.6. The van der Waals surface area contributed by atoms with E-state index in [1.807, 2.05) is 6.07 Å². The van der Waals surface area contributed by atoms with Crippen molar-refractivity contribution in [2.24, 2.45) is 0 Å². The molecule has 10 heteroatoms. The van der Waals surface area contributed by atoms with Crippen molar-refractivity contribution >= 4 is 29.1 Å². The summed E-state index contributed by atoms with van der Waals surface area (Å²) in [7, 11) is 0. The van der Waals surface area contributed by atoms with Crippen LogP contribution in [0.5, 0.6) is 0 Å². The summed E-state index contributed by atoms with van der Waals surface area (Å²) in [5, 5.41) is 16.3. The van der Waals surface area contributed by atoms with Crippen LogP contribution in [0.1, 0.15) is 17.4 Å². The first-order valence-electron chi connectivity index (χ1n) is 9.59. The van der Waals surface area contributed by atoms with Crippen molar-refractivity contribution < 1.29 is 24.2 Å². The van der Waals surface area contributed by atoms with Gasteiger partial charge in [0.05, 0.1) is 25.5 Å². The molecule has 1 aromatic carbocycles. The van der Waals surface area contributed by atoms with E-state index in [9.17, 15) is 14.4 Å². The minimum absolute atomic E-state index is 0.0590. The Morgan fingerprint density at radius 3 is 2.84 bits per heavy atom. The molecule has 4 rings (SSSR count). The van der Waals surface area contributed by atoms with Crippen LogP contribution in [0.15, 0.2) is 54.4 Å². The van der Waals surface area contributed by atoms with E-state index < -0.39 is 17.8 Å². The second kappa shape index (κ2) is 8.36. The molecule has 0 aliphatic carbocycles. The standard InChI is InChI=1S/C21H19N5O5/c1-2-31-21(30)16-11-18-22-7-6-17(26(18)24-16)13-4-3-5-14(10-13)23-15-12-19(28)25(8-9-27)20(15)29/h3-7,10-12,23,27H,2,8-9H2,1H3. The Labute approximate surface area is 176 Å². The van der Waals surface area contributed by atoms with Crippen LogP contribution < -0.4 is 5.32 Å². The Hall–Kier alpha value is -4.05. The third-order valence-corrected chi connectivity index (χ3v) is 4.61. The highest BCUT2D eigenvalue weighted by atomic mass is 16.5. The molecule has 1 aliphatic heterocycles. The topological polar surface area (TPSA) is 126 Å². The lowest BCUT2D eigenvalue weighted by Gasteiger charge is -2.14. The summed E-state index contributed by atoms with van der Waals surface area (Å²) in [6.07, 6.45) is 2.81. The number of fused-ring (bicyclic) bond motifs is 1. The Balaban J connectivity index is 1.64. The molecule has 0 spiro atoms. The van der Waals surface area contributed by atoms with Crippen LogP contribution in [-0.2, 0) is 14.3 Å². The average molecular weight is 421 g/mol. The zero-order chi connectivity index (χ0) is 22.0. The summed E-state index contributed by atoms with van der Waals surface area (Å²) in [6.45, 7) is 1.60. The summed E-state index contributed by atoms with van der Waals surface area (Å²) in [5.41, 5.74) is 2.77. The number of rotatable bonds is 7. The molecule has 2 aromatic heterocycles. The van der Waals surface area contributed by atoms with Gasteiger partial charge >= 0.3 is 5.97 Å². The Bertz CT molecular complexity index is 1220. The van der Waals surface area contributed by atoms with Gasteiger partial charge in [0.1, 0.15) is 5.70 Å². The average Bonchev–Trinajstić information content (AvgIpc) is 3.31. The molecular weight excluding hydrogens is 402 g/mol. The molecule has 0 bridgehead atoms. The Morgan fingerprint density at radius 1 is 1.23 bits per heavy atom. The second-order valence-electron chi connectivity index (χ2n) is 6.63. The predicted molar refractivity (Wildman–Crippen MR) is 110 cm³/mol. The minimum Gasteiger partial charge on any atom is -0.461 e. The van der Waals surface area contributed by atoms with E-state index in [0.29, 0.717) is 17.0 Å². The summed E-state index contributed by atoms with van der Waals surface area (Å²) in [6, 6.07) is 10.5. The maximum absolute atomic E-state index is 12.4. The molecule has 0 atom stereocenters. The highest BCUT2D eigenvalue weighted by Crippen LogP contribution is 2.25. The van der Waals surface area contributed by atoms with E-state index in [4.69, 9.17) is 9.84 Å².